The maximum Gasteiger partial charge on any atom is 0.104 e. The van der Waals surface area contributed by atoms with E-state index in [1.54, 1.807) is 22.9 Å². The van der Waals surface area contributed by atoms with Gasteiger partial charge in [0, 0.05) is 5.92 Å². The number of para-hydroxylation sites is 1. The Bertz CT molecular complexity index is 570. The van der Waals surface area contributed by atoms with E-state index in [2.05, 4.69) is 10.3 Å². The second-order valence-electron chi connectivity index (χ2n) is 4.31. The fraction of sp³-hybridized carbons (Fsp3) is 0.333. The van der Waals surface area contributed by atoms with Crippen LogP contribution in [-0.2, 0) is 5.88 Å². The Morgan fingerprint density at radius 2 is 1.89 bits per heavy atom. The van der Waals surface area contributed by atoms with Crippen LogP contribution in [0, 0.1) is 0 Å². The summed E-state index contributed by atoms with van der Waals surface area (Å²) in [5.41, 5.74) is 2.51. The molecule has 1 aromatic carbocycles. The Hall–Kier alpha value is -0.770. The second kappa shape index (κ2) is 4.72. The average Bonchev–Trinajstić information content (AvgIpc) is 3.10. The van der Waals surface area contributed by atoms with Crippen molar-refractivity contribution in [1.82, 2.24) is 15.0 Å². The van der Waals surface area contributed by atoms with Gasteiger partial charge in [-0.1, -0.05) is 34.5 Å². The molecule has 94 valence electrons. The fourth-order valence-corrected chi connectivity index (χ4v) is 2.79. The molecular weight excluding hydrogens is 293 g/mol. The summed E-state index contributed by atoms with van der Waals surface area (Å²) < 4.78 is 1.66. The Kier molecular flexibility index (Phi) is 3.22. The Morgan fingerprint density at radius 1 is 1.22 bits per heavy atom. The molecule has 2 aromatic rings. The van der Waals surface area contributed by atoms with E-state index < -0.39 is 0 Å². The highest BCUT2D eigenvalue weighted by molar-refractivity contribution is 6.37. The molecule has 6 heteroatoms. The zero-order chi connectivity index (χ0) is 12.7. The summed E-state index contributed by atoms with van der Waals surface area (Å²) in [6.07, 6.45) is 2.30. The standard InChI is InChI=1S/C12H10Cl3N3/c13-6-10-11(7-4-5-7)16-17-18(10)12-8(14)2-1-3-9(12)15/h1-3,7H,4-6H2. The van der Waals surface area contributed by atoms with Crippen LogP contribution >= 0.6 is 34.8 Å². The largest absolute Gasteiger partial charge is 0.213 e. The number of hydrogen-bond acceptors (Lipinski definition) is 2. The van der Waals surface area contributed by atoms with Crippen molar-refractivity contribution in [3.8, 4) is 5.69 Å². The first kappa shape index (κ1) is 12.3. The molecule has 1 heterocycles. The van der Waals surface area contributed by atoms with E-state index in [1.165, 1.54) is 0 Å². The van der Waals surface area contributed by atoms with Crippen molar-refractivity contribution in [2.75, 3.05) is 0 Å². The SMILES string of the molecule is ClCc1c(C2CC2)nnn1-c1c(Cl)cccc1Cl. The van der Waals surface area contributed by atoms with E-state index in [-0.39, 0.29) is 0 Å². The van der Waals surface area contributed by atoms with Crippen molar-refractivity contribution in [1.29, 1.82) is 0 Å². The van der Waals surface area contributed by atoms with Crippen molar-refractivity contribution >= 4 is 34.8 Å². The molecule has 0 bridgehead atoms. The molecule has 0 N–H and O–H groups in total. The van der Waals surface area contributed by atoms with Gasteiger partial charge in [0.2, 0.25) is 0 Å². The average molecular weight is 303 g/mol. The number of rotatable bonds is 3. The maximum atomic E-state index is 6.18. The third-order valence-electron chi connectivity index (χ3n) is 3.03. The summed E-state index contributed by atoms with van der Waals surface area (Å²) in [6, 6.07) is 5.35. The van der Waals surface area contributed by atoms with Crippen LogP contribution in [0.4, 0.5) is 0 Å². The molecule has 1 aliphatic rings. The van der Waals surface area contributed by atoms with Crippen molar-refractivity contribution < 1.29 is 0 Å². The zero-order valence-corrected chi connectivity index (χ0v) is 11.7. The molecule has 0 atom stereocenters. The molecule has 18 heavy (non-hydrogen) atoms. The topological polar surface area (TPSA) is 30.7 Å². The molecule has 1 saturated carbocycles. The van der Waals surface area contributed by atoms with Crippen LogP contribution in [0.25, 0.3) is 5.69 Å². The van der Waals surface area contributed by atoms with Gasteiger partial charge in [0.15, 0.2) is 0 Å². The van der Waals surface area contributed by atoms with E-state index in [4.69, 9.17) is 34.8 Å². The minimum atomic E-state index is 0.348. The number of aromatic nitrogens is 3. The summed E-state index contributed by atoms with van der Waals surface area (Å²) in [6.45, 7) is 0. The van der Waals surface area contributed by atoms with Crippen LogP contribution in [-0.4, -0.2) is 15.0 Å². The minimum absolute atomic E-state index is 0.348. The molecule has 0 aliphatic heterocycles. The smallest absolute Gasteiger partial charge is 0.104 e. The first-order valence-corrected chi connectivity index (χ1v) is 6.96. The predicted molar refractivity (Wildman–Crippen MR) is 72.9 cm³/mol. The van der Waals surface area contributed by atoms with Gasteiger partial charge >= 0.3 is 0 Å². The first-order valence-electron chi connectivity index (χ1n) is 5.67. The molecule has 3 nitrogen and oxygen atoms in total. The Labute approximate surface area is 120 Å². The van der Waals surface area contributed by atoms with E-state index in [0.717, 1.165) is 24.2 Å². The number of benzene rings is 1. The first-order chi connectivity index (χ1) is 8.72. The zero-order valence-electron chi connectivity index (χ0n) is 9.41. The van der Waals surface area contributed by atoms with Crippen molar-refractivity contribution in [2.45, 2.75) is 24.6 Å². The van der Waals surface area contributed by atoms with Crippen LogP contribution in [0.5, 0.6) is 0 Å². The monoisotopic (exact) mass is 301 g/mol. The van der Waals surface area contributed by atoms with Gasteiger partial charge in [-0.25, -0.2) is 4.68 Å². The lowest BCUT2D eigenvalue weighted by Crippen LogP contribution is -2.03. The molecule has 3 rings (SSSR count). The molecule has 0 unspecified atom stereocenters. The van der Waals surface area contributed by atoms with E-state index >= 15 is 0 Å². The molecule has 1 fully saturated rings. The van der Waals surface area contributed by atoms with Crippen LogP contribution < -0.4 is 0 Å². The van der Waals surface area contributed by atoms with Gasteiger partial charge in [0.1, 0.15) is 5.69 Å². The summed E-state index contributed by atoms with van der Waals surface area (Å²) in [5, 5.41) is 9.46. The lowest BCUT2D eigenvalue weighted by Gasteiger charge is -2.09. The Morgan fingerprint density at radius 3 is 2.44 bits per heavy atom. The van der Waals surface area contributed by atoms with Gasteiger partial charge in [0.05, 0.1) is 27.3 Å². The van der Waals surface area contributed by atoms with Gasteiger partial charge in [-0.3, -0.25) is 0 Å². The van der Waals surface area contributed by atoms with Crippen LogP contribution in [0.2, 0.25) is 10.0 Å². The fourth-order valence-electron chi connectivity index (χ4n) is 1.98. The van der Waals surface area contributed by atoms with Crippen molar-refractivity contribution in [3.05, 3.63) is 39.6 Å². The van der Waals surface area contributed by atoms with Gasteiger partial charge in [-0.15, -0.1) is 16.7 Å². The normalized spacial score (nSPS) is 15.1. The van der Waals surface area contributed by atoms with Gasteiger partial charge in [-0.2, -0.15) is 0 Å². The summed E-state index contributed by atoms with van der Waals surface area (Å²) in [5.74, 6) is 0.842. The highest BCUT2D eigenvalue weighted by Gasteiger charge is 2.31. The highest BCUT2D eigenvalue weighted by Crippen LogP contribution is 2.41. The van der Waals surface area contributed by atoms with Crippen LogP contribution in [0.3, 0.4) is 0 Å². The highest BCUT2D eigenvalue weighted by atomic mass is 35.5. The van der Waals surface area contributed by atoms with E-state index in [9.17, 15) is 0 Å². The van der Waals surface area contributed by atoms with Gasteiger partial charge in [-0.05, 0) is 25.0 Å². The number of halogens is 3. The summed E-state index contributed by atoms with van der Waals surface area (Å²) in [4.78, 5) is 0. The molecular formula is C12H10Cl3N3. The number of alkyl halides is 1. The number of hydrogen-bond donors (Lipinski definition) is 0. The van der Waals surface area contributed by atoms with Crippen LogP contribution in [0.15, 0.2) is 18.2 Å². The molecule has 1 aliphatic carbocycles. The molecule has 1 aromatic heterocycles. The molecule has 0 spiro atoms. The quantitative estimate of drug-likeness (QED) is 0.796. The minimum Gasteiger partial charge on any atom is -0.213 e. The van der Waals surface area contributed by atoms with E-state index in [1.807, 2.05) is 0 Å². The van der Waals surface area contributed by atoms with Crippen molar-refractivity contribution in [3.63, 3.8) is 0 Å². The second-order valence-corrected chi connectivity index (χ2v) is 5.39. The molecule has 0 radical (unpaired) electrons. The number of nitrogens with zero attached hydrogens (tertiary/aromatic N) is 3. The molecule has 0 amide bonds. The van der Waals surface area contributed by atoms with Gasteiger partial charge in [0.25, 0.3) is 0 Å². The third kappa shape index (κ3) is 2.00. The predicted octanol–water partition coefficient (Wildman–Crippen LogP) is 4.19. The van der Waals surface area contributed by atoms with Crippen molar-refractivity contribution in [2.24, 2.45) is 0 Å². The molecule has 0 saturated heterocycles. The Balaban J connectivity index is 2.16. The van der Waals surface area contributed by atoms with E-state index in [0.29, 0.717) is 27.5 Å². The lowest BCUT2D eigenvalue weighted by molar-refractivity contribution is 0.780. The maximum absolute atomic E-state index is 6.18. The third-order valence-corrected chi connectivity index (χ3v) is 3.90. The van der Waals surface area contributed by atoms with Crippen LogP contribution in [0.1, 0.15) is 30.1 Å². The summed E-state index contributed by atoms with van der Waals surface area (Å²) >= 11 is 18.4. The van der Waals surface area contributed by atoms with Gasteiger partial charge < -0.3 is 0 Å². The lowest BCUT2D eigenvalue weighted by atomic mass is 10.2. The summed E-state index contributed by atoms with van der Waals surface area (Å²) in [7, 11) is 0.